The third-order valence-electron chi connectivity index (χ3n) is 3.83. The Labute approximate surface area is 169 Å². The van der Waals surface area contributed by atoms with E-state index in [1.54, 1.807) is 42.5 Å². The molecule has 8 nitrogen and oxygen atoms in total. The third kappa shape index (κ3) is 5.02. The van der Waals surface area contributed by atoms with E-state index in [0.717, 1.165) is 11.8 Å². The molecular weight excluding hydrogens is 396 g/mol. The van der Waals surface area contributed by atoms with Gasteiger partial charge in [0.05, 0.1) is 16.2 Å². The fourth-order valence-electron chi connectivity index (χ4n) is 2.40. The number of carboxylic acid groups (broad SMARTS) is 2. The minimum Gasteiger partial charge on any atom is -0.479 e. The first kappa shape index (κ1) is 20.2. The quantitative estimate of drug-likeness (QED) is 0.623. The SMILES string of the molecule is CC(Oc1ccccc1/C=C1\SC(=Nc2cccc(C(=O)O)c2)NC1=O)C(=O)O. The van der Waals surface area contributed by atoms with Crippen LogP contribution in [0.25, 0.3) is 6.08 Å². The maximum Gasteiger partial charge on any atom is 0.344 e. The van der Waals surface area contributed by atoms with Crippen LogP contribution in [0.2, 0.25) is 0 Å². The zero-order chi connectivity index (χ0) is 21.0. The summed E-state index contributed by atoms with van der Waals surface area (Å²) >= 11 is 1.09. The van der Waals surface area contributed by atoms with Crippen LogP contribution in [-0.2, 0) is 9.59 Å². The predicted octanol–water partition coefficient (Wildman–Crippen LogP) is 3.13. The van der Waals surface area contributed by atoms with Crippen molar-refractivity contribution in [3.05, 3.63) is 64.6 Å². The maximum absolute atomic E-state index is 12.3. The number of carboxylic acids is 2. The van der Waals surface area contributed by atoms with Crippen molar-refractivity contribution in [1.82, 2.24) is 5.32 Å². The molecule has 1 heterocycles. The van der Waals surface area contributed by atoms with Gasteiger partial charge in [-0.1, -0.05) is 24.3 Å². The zero-order valence-corrected chi connectivity index (χ0v) is 16.0. The fourth-order valence-corrected chi connectivity index (χ4v) is 3.23. The molecule has 0 bridgehead atoms. The van der Waals surface area contributed by atoms with Crippen LogP contribution in [-0.4, -0.2) is 39.3 Å². The predicted molar refractivity (Wildman–Crippen MR) is 108 cm³/mol. The molecule has 9 heteroatoms. The molecule has 29 heavy (non-hydrogen) atoms. The van der Waals surface area contributed by atoms with Gasteiger partial charge in [-0.25, -0.2) is 14.6 Å². The van der Waals surface area contributed by atoms with Crippen LogP contribution in [0.1, 0.15) is 22.8 Å². The molecule has 3 N–H and O–H groups in total. The number of carbonyl (C=O) groups is 3. The highest BCUT2D eigenvalue weighted by Crippen LogP contribution is 2.31. The summed E-state index contributed by atoms with van der Waals surface area (Å²) in [4.78, 5) is 39.0. The minimum absolute atomic E-state index is 0.0931. The number of nitrogens with one attached hydrogen (secondary N) is 1. The van der Waals surface area contributed by atoms with Crippen molar-refractivity contribution in [3.63, 3.8) is 0 Å². The van der Waals surface area contributed by atoms with Gasteiger partial charge in [-0.15, -0.1) is 0 Å². The molecule has 1 fully saturated rings. The summed E-state index contributed by atoms with van der Waals surface area (Å²) in [7, 11) is 0. The number of aliphatic carboxylic acids is 1. The molecule has 0 radical (unpaired) electrons. The van der Waals surface area contributed by atoms with E-state index >= 15 is 0 Å². The van der Waals surface area contributed by atoms with Crippen molar-refractivity contribution in [2.75, 3.05) is 0 Å². The van der Waals surface area contributed by atoms with Crippen molar-refractivity contribution in [3.8, 4) is 5.75 Å². The number of rotatable bonds is 6. The monoisotopic (exact) mass is 412 g/mol. The smallest absolute Gasteiger partial charge is 0.344 e. The summed E-state index contributed by atoms with van der Waals surface area (Å²) in [6.07, 6.45) is 0.540. The molecule has 2 aromatic rings. The molecule has 0 spiro atoms. The molecule has 148 valence electrons. The van der Waals surface area contributed by atoms with Crippen LogP contribution in [0.15, 0.2) is 58.4 Å². The number of aromatic carboxylic acids is 1. The Morgan fingerprint density at radius 1 is 1.17 bits per heavy atom. The van der Waals surface area contributed by atoms with E-state index in [1.807, 2.05) is 0 Å². The lowest BCUT2D eigenvalue weighted by Crippen LogP contribution is -2.23. The first-order valence-corrected chi connectivity index (χ1v) is 9.26. The van der Waals surface area contributed by atoms with Gasteiger partial charge in [-0.3, -0.25) is 4.79 Å². The number of amides is 1. The van der Waals surface area contributed by atoms with Crippen molar-refractivity contribution >= 4 is 46.5 Å². The highest BCUT2D eigenvalue weighted by atomic mass is 32.2. The number of amidine groups is 1. The Morgan fingerprint density at radius 2 is 1.93 bits per heavy atom. The summed E-state index contributed by atoms with van der Waals surface area (Å²) in [5.41, 5.74) is 1.04. The third-order valence-corrected chi connectivity index (χ3v) is 4.74. The van der Waals surface area contributed by atoms with E-state index in [1.165, 1.54) is 19.1 Å². The van der Waals surface area contributed by atoms with Crippen molar-refractivity contribution in [2.45, 2.75) is 13.0 Å². The molecule has 1 saturated heterocycles. The number of nitrogens with zero attached hydrogens (tertiary/aromatic N) is 1. The second kappa shape index (κ2) is 8.61. The Kier molecular flexibility index (Phi) is 5.99. The first-order valence-electron chi connectivity index (χ1n) is 8.45. The number of hydrogen-bond acceptors (Lipinski definition) is 6. The van der Waals surface area contributed by atoms with Crippen LogP contribution >= 0.6 is 11.8 Å². The number of carbonyl (C=O) groups excluding carboxylic acids is 1. The molecule has 3 rings (SSSR count). The average molecular weight is 412 g/mol. The molecule has 0 aromatic heterocycles. The van der Waals surface area contributed by atoms with Gasteiger partial charge < -0.3 is 20.3 Å². The summed E-state index contributed by atoms with van der Waals surface area (Å²) in [5.74, 6) is -2.20. The number of ether oxygens (including phenoxy) is 1. The Balaban J connectivity index is 1.84. The molecule has 0 saturated carbocycles. The van der Waals surface area contributed by atoms with E-state index in [9.17, 15) is 14.4 Å². The molecule has 1 amide bonds. The number of hydrogen-bond donors (Lipinski definition) is 3. The summed E-state index contributed by atoms with van der Waals surface area (Å²) in [6, 6.07) is 12.8. The number of benzene rings is 2. The van der Waals surface area contributed by atoms with Crippen molar-refractivity contribution < 1.29 is 29.3 Å². The molecule has 2 aromatic carbocycles. The highest BCUT2D eigenvalue weighted by Gasteiger charge is 2.24. The lowest BCUT2D eigenvalue weighted by atomic mass is 10.2. The van der Waals surface area contributed by atoms with Gasteiger partial charge in [0.25, 0.3) is 5.91 Å². The second-order valence-electron chi connectivity index (χ2n) is 5.97. The van der Waals surface area contributed by atoms with E-state index in [2.05, 4.69) is 10.3 Å². The van der Waals surface area contributed by atoms with E-state index in [4.69, 9.17) is 14.9 Å². The van der Waals surface area contributed by atoms with E-state index in [-0.39, 0.29) is 11.5 Å². The summed E-state index contributed by atoms with van der Waals surface area (Å²) in [5, 5.41) is 21.0. The van der Waals surface area contributed by atoms with Gasteiger partial charge in [-0.2, -0.15) is 0 Å². The van der Waals surface area contributed by atoms with Crippen LogP contribution < -0.4 is 10.1 Å². The van der Waals surface area contributed by atoms with E-state index in [0.29, 0.717) is 27.1 Å². The van der Waals surface area contributed by atoms with Gasteiger partial charge in [0.1, 0.15) is 5.75 Å². The number of thioether (sulfide) groups is 1. The highest BCUT2D eigenvalue weighted by molar-refractivity contribution is 8.18. The lowest BCUT2D eigenvalue weighted by molar-refractivity contribution is -0.144. The molecule has 1 aliphatic rings. The molecular formula is C20H16N2O6S. The van der Waals surface area contributed by atoms with Gasteiger partial charge in [0.2, 0.25) is 0 Å². The average Bonchev–Trinajstić information content (AvgIpc) is 3.02. The van der Waals surface area contributed by atoms with Crippen LogP contribution in [0.3, 0.4) is 0 Å². The summed E-state index contributed by atoms with van der Waals surface area (Å²) in [6.45, 7) is 1.42. The fraction of sp³-hybridized carbons (Fsp3) is 0.100. The molecule has 1 aliphatic heterocycles. The normalized spacial score (nSPS) is 17.2. The van der Waals surface area contributed by atoms with Crippen molar-refractivity contribution in [1.29, 1.82) is 0 Å². The topological polar surface area (TPSA) is 125 Å². The number of para-hydroxylation sites is 1. The Hall–Kier alpha value is -3.59. The van der Waals surface area contributed by atoms with Crippen LogP contribution in [0, 0.1) is 0 Å². The Bertz CT molecular complexity index is 1050. The second-order valence-corrected chi connectivity index (χ2v) is 7.00. The van der Waals surface area contributed by atoms with Gasteiger partial charge >= 0.3 is 11.9 Å². The van der Waals surface area contributed by atoms with Gasteiger partial charge in [-0.05, 0) is 49.0 Å². The largest absolute Gasteiger partial charge is 0.479 e. The van der Waals surface area contributed by atoms with E-state index < -0.39 is 18.0 Å². The number of aliphatic imine (C=N–C) groups is 1. The summed E-state index contributed by atoms with van der Waals surface area (Å²) < 4.78 is 5.44. The van der Waals surface area contributed by atoms with Crippen LogP contribution in [0.4, 0.5) is 5.69 Å². The first-order chi connectivity index (χ1) is 13.8. The zero-order valence-electron chi connectivity index (χ0n) is 15.2. The Morgan fingerprint density at radius 3 is 2.66 bits per heavy atom. The molecule has 1 unspecified atom stereocenters. The maximum atomic E-state index is 12.3. The standard InChI is InChI=1S/C20H16N2O6S/c1-11(18(24)25)28-15-8-3-2-5-12(15)10-16-17(23)22-20(29-16)21-14-7-4-6-13(9-14)19(26)27/h2-11H,1H3,(H,24,25)(H,26,27)(H,21,22,23)/b16-10-. The van der Waals surface area contributed by atoms with Gasteiger partial charge in [0, 0.05) is 5.56 Å². The molecule has 0 aliphatic carbocycles. The van der Waals surface area contributed by atoms with Crippen molar-refractivity contribution in [2.24, 2.45) is 4.99 Å². The van der Waals surface area contributed by atoms with Gasteiger partial charge in [0.15, 0.2) is 11.3 Å². The lowest BCUT2D eigenvalue weighted by Gasteiger charge is -2.12. The molecule has 1 atom stereocenters. The van der Waals surface area contributed by atoms with Crippen LogP contribution in [0.5, 0.6) is 5.75 Å². The minimum atomic E-state index is -1.10.